The maximum absolute atomic E-state index is 4.54. The first kappa shape index (κ1) is 10.3. The third-order valence-corrected chi connectivity index (χ3v) is 3.79. The van der Waals surface area contributed by atoms with Crippen LogP contribution in [0.4, 0.5) is 0 Å². The minimum Gasteiger partial charge on any atom is -0.309 e. The predicted octanol–water partition coefficient (Wildman–Crippen LogP) is 1.30. The van der Waals surface area contributed by atoms with Gasteiger partial charge in [0, 0.05) is 24.9 Å². The van der Waals surface area contributed by atoms with Crippen LogP contribution in [0.5, 0.6) is 0 Å². The van der Waals surface area contributed by atoms with Crippen molar-refractivity contribution in [1.82, 2.24) is 20.1 Å². The van der Waals surface area contributed by atoms with E-state index < -0.39 is 0 Å². The van der Waals surface area contributed by atoms with E-state index in [1.54, 1.807) is 0 Å². The lowest BCUT2D eigenvalue weighted by Crippen LogP contribution is -2.46. The van der Waals surface area contributed by atoms with Gasteiger partial charge >= 0.3 is 0 Å². The van der Waals surface area contributed by atoms with Gasteiger partial charge < -0.3 is 5.32 Å². The molecule has 16 heavy (non-hydrogen) atoms. The summed E-state index contributed by atoms with van der Waals surface area (Å²) in [7, 11) is 0. The van der Waals surface area contributed by atoms with Crippen LogP contribution in [0.3, 0.4) is 0 Å². The standard InChI is InChI=1S/C12H20N4/c1-2-11-14-12-7-6-10(8-16(12)15-11)13-9-4-3-5-9/h9-10,13H,2-8H2,1H3. The van der Waals surface area contributed by atoms with Crippen LogP contribution in [0.25, 0.3) is 0 Å². The molecule has 0 radical (unpaired) electrons. The lowest BCUT2D eigenvalue weighted by Gasteiger charge is -2.33. The van der Waals surface area contributed by atoms with Crippen LogP contribution in [0.15, 0.2) is 0 Å². The Hall–Kier alpha value is -0.900. The van der Waals surface area contributed by atoms with Crippen molar-refractivity contribution < 1.29 is 0 Å². The minimum absolute atomic E-state index is 0.615. The highest BCUT2D eigenvalue weighted by Gasteiger charge is 2.25. The molecular weight excluding hydrogens is 200 g/mol. The monoisotopic (exact) mass is 220 g/mol. The Bertz CT molecular complexity index is 367. The van der Waals surface area contributed by atoms with E-state index in [2.05, 4.69) is 27.0 Å². The van der Waals surface area contributed by atoms with Crippen molar-refractivity contribution in [2.24, 2.45) is 0 Å². The first-order valence-corrected chi connectivity index (χ1v) is 6.54. The topological polar surface area (TPSA) is 42.7 Å². The van der Waals surface area contributed by atoms with Gasteiger partial charge in [0.15, 0.2) is 5.82 Å². The molecule has 0 spiro atoms. The summed E-state index contributed by atoms with van der Waals surface area (Å²) in [5.74, 6) is 2.18. The number of aromatic nitrogens is 3. The molecule has 1 aromatic heterocycles. The lowest BCUT2D eigenvalue weighted by molar-refractivity contribution is 0.261. The molecule has 1 saturated carbocycles. The van der Waals surface area contributed by atoms with Gasteiger partial charge in [0.2, 0.25) is 0 Å². The summed E-state index contributed by atoms with van der Waals surface area (Å²) in [6.45, 7) is 3.13. The van der Waals surface area contributed by atoms with E-state index in [-0.39, 0.29) is 0 Å². The summed E-state index contributed by atoms with van der Waals surface area (Å²) in [5.41, 5.74) is 0. The smallest absolute Gasteiger partial charge is 0.150 e. The van der Waals surface area contributed by atoms with Crippen molar-refractivity contribution >= 4 is 0 Å². The Kier molecular flexibility index (Phi) is 2.67. The molecule has 1 aliphatic carbocycles. The summed E-state index contributed by atoms with van der Waals surface area (Å²) < 4.78 is 2.11. The number of nitrogens with one attached hydrogen (secondary N) is 1. The molecule has 0 amide bonds. The molecule has 1 unspecified atom stereocenters. The highest BCUT2D eigenvalue weighted by atomic mass is 15.4. The normalized spacial score (nSPS) is 25.2. The Labute approximate surface area is 96.4 Å². The lowest BCUT2D eigenvalue weighted by atomic mass is 9.91. The predicted molar refractivity (Wildman–Crippen MR) is 62.3 cm³/mol. The van der Waals surface area contributed by atoms with Crippen molar-refractivity contribution in [1.29, 1.82) is 0 Å². The average Bonchev–Trinajstić information content (AvgIpc) is 2.65. The van der Waals surface area contributed by atoms with Crippen LogP contribution in [0.1, 0.15) is 44.3 Å². The molecule has 0 aromatic carbocycles. The second kappa shape index (κ2) is 4.17. The van der Waals surface area contributed by atoms with E-state index in [0.29, 0.717) is 6.04 Å². The third kappa shape index (κ3) is 1.86. The molecule has 1 fully saturated rings. The van der Waals surface area contributed by atoms with Gasteiger partial charge in [-0.05, 0) is 19.3 Å². The van der Waals surface area contributed by atoms with Crippen LogP contribution in [-0.4, -0.2) is 26.8 Å². The Morgan fingerprint density at radius 2 is 2.19 bits per heavy atom. The maximum atomic E-state index is 4.54. The van der Waals surface area contributed by atoms with Gasteiger partial charge in [0.05, 0.1) is 6.54 Å². The molecule has 2 heterocycles. The van der Waals surface area contributed by atoms with E-state index in [1.165, 1.54) is 31.5 Å². The van der Waals surface area contributed by atoms with Crippen molar-refractivity contribution in [3.63, 3.8) is 0 Å². The molecule has 1 aliphatic heterocycles. The second-order valence-corrected chi connectivity index (χ2v) is 5.01. The first-order valence-electron chi connectivity index (χ1n) is 6.54. The average molecular weight is 220 g/mol. The van der Waals surface area contributed by atoms with Crippen LogP contribution in [0.2, 0.25) is 0 Å². The zero-order valence-corrected chi connectivity index (χ0v) is 9.95. The van der Waals surface area contributed by atoms with Crippen LogP contribution < -0.4 is 5.32 Å². The summed E-state index contributed by atoms with van der Waals surface area (Å²) in [5, 5.41) is 8.27. The van der Waals surface area contributed by atoms with Crippen molar-refractivity contribution in [2.75, 3.05) is 0 Å². The van der Waals surface area contributed by atoms with Gasteiger partial charge in [-0.1, -0.05) is 13.3 Å². The molecule has 88 valence electrons. The fourth-order valence-corrected chi connectivity index (χ4v) is 2.55. The third-order valence-electron chi connectivity index (χ3n) is 3.79. The van der Waals surface area contributed by atoms with E-state index in [9.17, 15) is 0 Å². The van der Waals surface area contributed by atoms with Crippen LogP contribution >= 0.6 is 0 Å². The number of nitrogens with zero attached hydrogens (tertiary/aromatic N) is 3. The molecule has 0 bridgehead atoms. The number of fused-ring (bicyclic) bond motifs is 1. The Balaban J connectivity index is 1.65. The summed E-state index contributed by atoms with van der Waals surface area (Å²) >= 11 is 0. The fraction of sp³-hybridized carbons (Fsp3) is 0.833. The number of aryl methyl sites for hydroxylation is 2. The molecule has 2 aliphatic rings. The summed E-state index contributed by atoms with van der Waals surface area (Å²) in [6, 6.07) is 1.39. The zero-order valence-electron chi connectivity index (χ0n) is 9.95. The van der Waals surface area contributed by atoms with Gasteiger partial charge in [-0.15, -0.1) is 0 Å². The van der Waals surface area contributed by atoms with Crippen LogP contribution in [-0.2, 0) is 19.4 Å². The molecular formula is C12H20N4. The Morgan fingerprint density at radius 1 is 1.31 bits per heavy atom. The van der Waals surface area contributed by atoms with Crippen molar-refractivity contribution in [2.45, 2.75) is 64.1 Å². The summed E-state index contributed by atoms with van der Waals surface area (Å²) in [6.07, 6.45) is 7.37. The first-order chi connectivity index (χ1) is 7.85. The minimum atomic E-state index is 0.615. The van der Waals surface area contributed by atoms with Crippen molar-refractivity contribution in [3.8, 4) is 0 Å². The SMILES string of the molecule is CCc1nc2n(n1)CC(NC1CCC1)CC2. The molecule has 1 N–H and O–H groups in total. The fourth-order valence-electron chi connectivity index (χ4n) is 2.55. The highest BCUT2D eigenvalue weighted by Crippen LogP contribution is 2.21. The number of hydrogen-bond donors (Lipinski definition) is 1. The van der Waals surface area contributed by atoms with E-state index in [0.717, 1.165) is 31.3 Å². The zero-order chi connectivity index (χ0) is 11.0. The highest BCUT2D eigenvalue weighted by molar-refractivity contribution is 4.98. The van der Waals surface area contributed by atoms with Gasteiger partial charge in [-0.3, -0.25) is 0 Å². The number of rotatable bonds is 3. The quantitative estimate of drug-likeness (QED) is 0.835. The Morgan fingerprint density at radius 3 is 2.88 bits per heavy atom. The molecule has 1 atom stereocenters. The van der Waals surface area contributed by atoms with Gasteiger partial charge in [0.25, 0.3) is 0 Å². The van der Waals surface area contributed by atoms with Crippen LogP contribution in [0, 0.1) is 0 Å². The molecule has 0 saturated heterocycles. The van der Waals surface area contributed by atoms with E-state index in [4.69, 9.17) is 0 Å². The molecule has 1 aromatic rings. The maximum Gasteiger partial charge on any atom is 0.150 e. The molecule has 4 heteroatoms. The van der Waals surface area contributed by atoms with E-state index >= 15 is 0 Å². The summed E-state index contributed by atoms with van der Waals surface area (Å²) in [4.78, 5) is 4.54. The largest absolute Gasteiger partial charge is 0.309 e. The van der Waals surface area contributed by atoms with Gasteiger partial charge in [0.1, 0.15) is 5.82 Å². The molecule has 3 rings (SSSR count). The van der Waals surface area contributed by atoms with Gasteiger partial charge in [-0.25, -0.2) is 9.67 Å². The van der Waals surface area contributed by atoms with Crippen molar-refractivity contribution in [3.05, 3.63) is 11.6 Å². The van der Waals surface area contributed by atoms with Gasteiger partial charge in [-0.2, -0.15) is 5.10 Å². The van der Waals surface area contributed by atoms with E-state index in [1.807, 2.05) is 0 Å². The second-order valence-electron chi connectivity index (χ2n) is 5.01. The molecule has 4 nitrogen and oxygen atoms in total. The number of hydrogen-bond acceptors (Lipinski definition) is 3.